The van der Waals surface area contributed by atoms with Gasteiger partial charge in [-0.3, -0.25) is 4.79 Å². The molecule has 0 atom stereocenters. The molecule has 1 aliphatic rings. The molecular formula is C30H31N5O2S. The molecule has 4 N–H and O–H groups in total. The zero-order valence-electron chi connectivity index (χ0n) is 21.7. The van der Waals surface area contributed by atoms with Crippen LogP contribution >= 0.6 is 11.8 Å². The number of hydrogen-bond acceptors (Lipinski definition) is 6. The molecule has 3 aromatic carbocycles. The molecule has 8 heteroatoms. The Morgan fingerprint density at radius 1 is 0.868 bits per heavy atom. The van der Waals surface area contributed by atoms with E-state index in [4.69, 9.17) is 4.79 Å². The van der Waals surface area contributed by atoms with Crippen molar-refractivity contribution in [2.24, 2.45) is 5.73 Å². The lowest BCUT2D eigenvalue weighted by Crippen LogP contribution is -2.11. The van der Waals surface area contributed by atoms with Crippen molar-refractivity contribution in [3.63, 3.8) is 0 Å². The minimum atomic E-state index is -0.0731. The van der Waals surface area contributed by atoms with Crippen LogP contribution in [-0.2, 0) is 11.2 Å². The Labute approximate surface area is 226 Å². The van der Waals surface area contributed by atoms with Crippen molar-refractivity contribution in [2.45, 2.75) is 30.1 Å². The molecule has 3 heterocycles. The largest absolute Gasteiger partial charge is 0.361 e. The molecule has 7 nitrogen and oxygen atoms in total. The number of nitrogens with zero attached hydrogens (tertiary/aromatic N) is 2. The first-order valence-electron chi connectivity index (χ1n) is 12.2. The number of amides is 1. The van der Waals surface area contributed by atoms with Gasteiger partial charge in [-0.15, -0.1) is 0 Å². The Morgan fingerprint density at radius 3 is 2.37 bits per heavy atom. The molecule has 6 rings (SSSR count). The number of H-pyrrole nitrogens is 1. The summed E-state index contributed by atoms with van der Waals surface area (Å²) < 4.78 is 0. The molecule has 0 spiro atoms. The number of hydrogen-bond donors (Lipinski definition) is 3. The van der Waals surface area contributed by atoms with Crippen molar-refractivity contribution in [1.82, 2.24) is 15.0 Å². The van der Waals surface area contributed by atoms with Crippen LogP contribution in [0.1, 0.15) is 35.3 Å². The second kappa shape index (κ2) is 13.9. The Morgan fingerprint density at radius 2 is 1.61 bits per heavy atom. The summed E-state index contributed by atoms with van der Waals surface area (Å²) in [6.45, 7) is 6.00. The van der Waals surface area contributed by atoms with E-state index in [0.29, 0.717) is 17.8 Å². The zero-order valence-corrected chi connectivity index (χ0v) is 22.5. The summed E-state index contributed by atoms with van der Waals surface area (Å²) in [6.07, 6.45) is 6.37. The molecule has 0 bridgehead atoms. The number of carbonyl (C=O) groups is 2. The molecule has 0 aliphatic carbocycles. The van der Waals surface area contributed by atoms with Crippen LogP contribution in [0.3, 0.4) is 0 Å². The quantitative estimate of drug-likeness (QED) is 0.253. The van der Waals surface area contributed by atoms with Gasteiger partial charge in [0.05, 0.1) is 11.3 Å². The van der Waals surface area contributed by atoms with Gasteiger partial charge in [-0.1, -0.05) is 43.8 Å². The van der Waals surface area contributed by atoms with Gasteiger partial charge in [-0.05, 0) is 66.7 Å². The number of aromatic nitrogens is 3. The molecule has 1 amide bonds. The van der Waals surface area contributed by atoms with Crippen molar-refractivity contribution in [3.05, 3.63) is 102 Å². The van der Waals surface area contributed by atoms with Gasteiger partial charge in [0, 0.05) is 51.3 Å². The van der Waals surface area contributed by atoms with Crippen LogP contribution in [0.2, 0.25) is 0 Å². The lowest BCUT2D eigenvalue weighted by molar-refractivity contribution is -0.0980. The molecule has 0 fully saturated rings. The molecule has 0 radical (unpaired) electrons. The highest BCUT2D eigenvalue weighted by molar-refractivity contribution is 7.99. The molecule has 0 saturated carbocycles. The highest BCUT2D eigenvalue weighted by Gasteiger charge is 2.19. The van der Waals surface area contributed by atoms with Crippen LogP contribution in [0.4, 0.5) is 5.69 Å². The third kappa shape index (κ3) is 6.34. The van der Waals surface area contributed by atoms with E-state index in [2.05, 4.69) is 44.2 Å². The predicted molar refractivity (Wildman–Crippen MR) is 156 cm³/mol. The number of fused-ring (bicyclic) bond motifs is 3. The average molecular weight is 526 g/mol. The molecule has 0 saturated heterocycles. The minimum Gasteiger partial charge on any atom is -0.361 e. The van der Waals surface area contributed by atoms with E-state index in [1.807, 2.05) is 87.8 Å². The third-order valence-electron chi connectivity index (χ3n) is 5.57. The smallest absolute Gasteiger partial charge is 0.256 e. The van der Waals surface area contributed by atoms with Crippen LogP contribution in [0.15, 0.2) is 95.1 Å². The van der Waals surface area contributed by atoms with E-state index in [1.165, 1.54) is 7.05 Å². The Balaban J connectivity index is 0.000000625. The van der Waals surface area contributed by atoms with Crippen molar-refractivity contribution >= 4 is 41.0 Å². The summed E-state index contributed by atoms with van der Waals surface area (Å²) in [7, 11) is 1.50. The topological polar surface area (TPSA) is 114 Å². The predicted octanol–water partition coefficient (Wildman–Crippen LogP) is 6.35. The molecule has 38 heavy (non-hydrogen) atoms. The number of benzene rings is 3. The number of rotatable bonds is 3. The first kappa shape index (κ1) is 28.3. The Hall–Kier alpha value is -4.27. The molecule has 2 aromatic heterocycles. The van der Waals surface area contributed by atoms with E-state index in [1.54, 1.807) is 11.8 Å². The summed E-state index contributed by atoms with van der Waals surface area (Å²) in [6, 6.07) is 22.1. The fourth-order valence-corrected chi connectivity index (χ4v) is 4.96. The van der Waals surface area contributed by atoms with Gasteiger partial charge >= 0.3 is 0 Å². The van der Waals surface area contributed by atoms with Gasteiger partial charge in [0.1, 0.15) is 6.79 Å². The monoisotopic (exact) mass is 525 g/mol. The van der Waals surface area contributed by atoms with E-state index >= 15 is 0 Å². The van der Waals surface area contributed by atoms with Crippen LogP contribution in [0.25, 0.3) is 22.3 Å². The van der Waals surface area contributed by atoms with Gasteiger partial charge < -0.3 is 20.8 Å². The van der Waals surface area contributed by atoms with Gasteiger partial charge in [-0.25, -0.2) is 9.97 Å². The minimum absolute atomic E-state index is 0.0731. The van der Waals surface area contributed by atoms with E-state index in [-0.39, 0.29) is 5.91 Å². The second-order valence-electron chi connectivity index (χ2n) is 7.75. The first-order valence-corrected chi connectivity index (χ1v) is 13.0. The van der Waals surface area contributed by atoms with E-state index in [9.17, 15) is 4.79 Å². The maximum atomic E-state index is 12.6. The summed E-state index contributed by atoms with van der Waals surface area (Å²) in [5.74, 6) is 0.635. The fraction of sp³-hybridized carbons (Fsp3) is 0.133. The Bertz CT molecular complexity index is 1500. The van der Waals surface area contributed by atoms with Crippen LogP contribution in [0, 0.1) is 0 Å². The number of nitrogens with two attached hydrogens (primary N) is 1. The van der Waals surface area contributed by atoms with E-state index < -0.39 is 0 Å². The first-order chi connectivity index (χ1) is 18.7. The van der Waals surface area contributed by atoms with Crippen molar-refractivity contribution in [3.8, 4) is 11.4 Å². The Kier molecular flexibility index (Phi) is 10.3. The van der Waals surface area contributed by atoms with Gasteiger partial charge in [-0.2, -0.15) is 0 Å². The maximum absolute atomic E-state index is 12.6. The summed E-state index contributed by atoms with van der Waals surface area (Å²) >= 11 is 1.61. The lowest BCUT2D eigenvalue weighted by Gasteiger charge is -2.09. The maximum Gasteiger partial charge on any atom is 0.256 e. The van der Waals surface area contributed by atoms with Crippen LogP contribution < -0.4 is 11.1 Å². The highest BCUT2D eigenvalue weighted by atomic mass is 32.2. The number of nitrogens with one attached hydrogen (secondary N) is 2. The van der Waals surface area contributed by atoms with Crippen molar-refractivity contribution < 1.29 is 9.59 Å². The average Bonchev–Trinajstić information content (AvgIpc) is 3.41. The number of aromatic amines is 1. The second-order valence-corrected chi connectivity index (χ2v) is 8.84. The molecule has 0 unspecified atom stereocenters. The van der Waals surface area contributed by atoms with Gasteiger partial charge in [0.2, 0.25) is 0 Å². The summed E-state index contributed by atoms with van der Waals surface area (Å²) in [5, 5.41) is 4.20. The number of anilines is 1. The highest BCUT2D eigenvalue weighted by Crippen LogP contribution is 2.39. The molecule has 194 valence electrons. The fourth-order valence-electron chi connectivity index (χ4n) is 3.95. The molecule has 1 aliphatic heterocycles. The molecular weight excluding hydrogens is 494 g/mol. The van der Waals surface area contributed by atoms with Gasteiger partial charge in [0.25, 0.3) is 5.91 Å². The van der Waals surface area contributed by atoms with Gasteiger partial charge in [0.15, 0.2) is 5.82 Å². The third-order valence-corrected chi connectivity index (χ3v) is 6.72. The number of carbonyl (C=O) groups excluding carboxylic acids is 2. The normalized spacial score (nSPS) is 11.1. The summed E-state index contributed by atoms with van der Waals surface area (Å²) in [4.78, 5) is 35.0. The SMILES string of the molecule is C=O.CC.CN.O=C1Nc2cc(Cc3cnc(-c4ccc5[nH]ccc5c4)nc3)ccc2Sc2ccccc21. The van der Waals surface area contributed by atoms with Crippen molar-refractivity contribution in [1.29, 1.82) is 0 Å². The summed E-state index contributed by atoms with van der Waals surface area (Å²) in [5.41, 5.74) is 10.3. The molecule has 5 aromatic rings. The van der Waals surface area contributed by atoms with Crippen LogP contribution in [-0.4, -0.2) is 34.7 Å². The standard InChI is InChI=1S/C26H18N4OS.C2H6.CH5N.CH2O/c31-26-20-3-1-2-4-23(20)32-24-8-5-16(12-22(24)30-26)11-17-14-28-25(29-15-17)19-6-7-21-18(13-19)9-10-27-21;3*1-2/h1-10,12-15,27H,11H2,(H,30,31);1-2H3;2H2,1H3;1H2. The lowest BCUT2D eigenvalue weighted by atomic mass is 10.1. The van der Waals surface area contributed by atoms with Crippen LogP contribution in [0.5, 0.6) is 0 Å². The zero-order chi connectivity index (χ0) is 27.5. The van der Waals surface area contributed by atoms with Crippen molar-refractivity contribution in [2.75, 3.05) is 12.4 Å². The van der Waals surface area contributed by atoms with E-state index in [0.717, 1.165) is 43.1 Å².